The van der Waals surface area contributed by atoms with Gasteiger partial charge in [0.2, 0.25) is 5.79 Å². The van der Waals surface area contributed by atoms with E-state index in [0.29, 0.717) is 0 Å². The normalized spacial score (nSPS) is 65.0. The van der Waals surface area contributed by atoms with Crippen molar-refractivity contribution in [2.75, 3.05) is 0 Å². The Labute approximate surface area is 88.3 Å². The van der Waals surface area contributed by atoms with E-state index in [2.05, 4.69) is 15.9 Å². The highest BCUT2D eigenvalue weighted by molar-refractivity contribution is 9.09. The van der Waals surface area contributed by atoms with Gasteiger partial charge in [0.1, 0.15) is 0 Å². The molecule has 68 valence electrons. The predicted octanol–water partition coefficient (Wildman–Crippen LogP) is 1.66. The van der Waals surface area contributed by atoms with Gasteiger partial charge in [-0.2, -0.15) is 0 Å². The lowest BCUT2D eigenvalue weighted by Crippen LogP contribution is -2.73. The third-order valence-electron chi connectivity index (χ3n) is 3.35. The first-order valence-electron chi connectivity index (χ1n) is 3.90. The highest BCUT2D eigenvalue weighted by Gasteiger charge is 2.82. The third kappa shape index (κ3) is 0.592. The van der Waals surface area contributed by atoms with Crippen LogP contribution < -0.4 is 0 Å². The van der Waals surface area contributed by atoms with E-state index in [1.807, 2.05) is 0 Å². The molecule has 0 radical (unpaired) electrons. The SMILES string of the molecule is OC12OC3CC1C(C3Br)C2(Cl)Cl. The van der Waals surface area contributed by atoms with E-state index in [0.717, 1.165) is 6.42 Å². The van der Waals surface area contributed by atoms with E-state index in [1.165, 1.54) is 0 Å². The Kier molecular flexibility index (Phi) is 1.37. The summed E-state index contributed by atoms with van der Waals surface area (Å²) in [6.45, 7) is 0. The molecule has 0 aromatic heterocycles. The molecule has 3 fully saturated rings. The van der Waals surface area contributed by atoms with E-state index in [1.54, 1.807) is 0 Å². The van der Waals surface area contributed by atoms with Crippen molar-refractivity contribution in [3.63, 3.8) is 0 Å². The molecule has 0 amide bonds. The molecule has 12 heavy (non-hydrogen) atoms. The molecule has 0 aromatic rings. The van der Waals surface area contributed by atoms with Crippen molar-refractivity contribution in [1.29, 1.82) is 0 Å². The molecule has 5 heteroatoms. The van der Waals surface area contributed by atoms with Crippen LogP contribution in [0.2, 0.25) is 0 Å². The van der Waals surface area contributed by atoms with E-state index in [-0.39, 0.29) is 22.8 Å². The third-order valence-corrected chi connectivity index (χ3v) is 5.55. The van der Waals surface area contributed by atoms with Gasteiger partial charge in [0.25, 0.3) is 0 Å². The van der Waals surface area contributed by atoms with E-state index < -0.39 is 10.1 Å². The van der Waals surface area contributed by atoms with Gasteiger partial charge in [-0.1, -0.05) is 39.1 Å². The maximum absolute atomic E-state index is 9.89. The van der Waals surface area contributed by atoms with Crippen LogP contribution in [0.1, 0.15) is 6.42 Å². The van der Waals surface area contributed by atoms with Crippen LogP contribution in [0.25, 0.3) is 0 Å². The van der Waals surface area contributed by atoms with Gasteiger partial charge in [-0.15, -0.1) is 0 Å². The van der Waals surface area contributed by atoms with Crippen LogP contribution in [0, 0.1) is 11.8 Å². The largest absolute Gasteiger partial charge is 0.363 e. The summed E-state index contributed by atoms with van der Waals surface area (Å²) in [5, 5.41) is 9.89. The van der Waals surface area contributed by atoms with Gasteiger partial charge in [-0.25, -0.2) is 0 Å². The monoisotopic (exact) mass is 272 g/mol. The first kappa shape index (κ1) is 8.30. The predicted molar refractivity (Wildman–Crippen MR) is 48.6 cm³/mol. The topological polar surface area (TPSA) is 29.5 Å². The highest BCUT2D eigenvalue weighted by atomic mass is 79.9. The summed E-state index contributed by atoms with van der Waals surface area (Å²) in [5.74, 6) is -0.998. The molecule has 1 N–H and O–H groups in total. The molecule has 2 aliphatic carbocycles. The fourth-order valence-electron chi connectivity index (χ4n) is 2.74. The summed E-state index contributed by atoms with van der Waals surface area (Å²) in [7, 11) is 0. The molecule has 2 nitrogen and oxygen atoms in total. The summed E-state index contributed by atoms with van der Waals surface area (Å²) >= 11 is 15.5. The zero-order valence-corrected chi connectivity index (χ0v) is 9.10. The number of hydrogen-bond donors (Lipinski definition) is 1. The van der Waals surface area contributed by atoms with Crippen LogP contribution in [0.3, 0.4) is 0 Å². The number of aliphatic hydroxyl groups is 1. The number of ether oxygens (including phenoxy) is 1. The molecule has 1 saturated heterocycles. The molecular formula is C7H7BrCl2O2. The minimum absolute atomic E-state index is 0.0932. The Morgan fingerprint density at radius 1 is 1.50 bits per heavy atom. The number of fused-ring (bicyclic) bond motifs is 1. The van der Waals surface area contributed by atoms with Gasteiger partial charge in [-0.3, -0.25) is 0 Å². The van der Waals surface area contributed by atoms with Gasteiger partial charge in [0.05, 0.1) is 6.10 Å². The molecule has 2 bridgehead atoms. The van der Waals surface area contributed by atoms with Crippen LogP contribution in [0.15, 0.2) is 0 Å². The molecule has 0 spiro atoms. The quantitative estimate of drug-likeness (QED) is 0.681. The average molecular weight is 274 g/mol. The van der Waals surface area contributed by atoms with Gasteiger partial charge < -0.3 is 9.84 Å². The first-order chi connectivity index (χ1) is 5.48. The van der Waals surface area contributed by atoms with Crippen molar-refractivity contribution in [2.45, 2.75) is 27.5 Å². The second kappa shape index (κ2) is 1.98. The Balaban J connectivity index is 2.07. The molecule has 2 saturated carbocycles. The molecule has 1 aliphatic heterocycles. The van der Waals surface area contributed by atoms with Crippen molar-refractivity contribution in [1.82, 2.24) is 0 Å². The number of halogens is 3. The fourth-order valence-corrected chi connectivity index (χ4v) is 5.07. The smallest absolute Gasteiger partial charge is 0.203 e. The lowest BCUT2D eigenvalue weighted by atomic mass is 9.68. The standard InChI is InChI=1S/C7H7BrCl2O2/c8-5-3-1-2-4(5)6(9,10)7(2,11)12-3/h2-5,11H,1H2. The van der Waals surface area contributed by atoms with Gasteiger partial charge in [0, 0.05) is 16.7 Å². The Hall–Kier alpha value is 0.980. The first-order valence-corrected chi connectivity index (χ1v) is 5.58. The van der Waals surface area contributed by atoms with Crippen molar-refractivity contribution in [3.8, 4) is 0 Å². The molecule has 5 unspecified atom stereocenters. The van der Waals surface area contributed by atoms with Gasteiger partial charge in [-0.05, 0) is 6.42 Å². The molecule has 3 aliphatic rings. The fraction of sp³-hybridized carbons (Fsp3) is 1.00. The maximum Gasteiger partial charge on any atom is 0.203 e. The number of hydrogen-bond acceptors (Lipinski definition) is 2. The van der Waals surface area contributed by atoms with Crippen molar-refractivity contribution >= 4 is 39.1 Å². The lowest BCUT2D eigenvalue weighted by Gasteiger charge is -2.59. The Morgan fingerprint density at radius 2 is 2.17 bits per heavy atom. The van der Waals surface area contributed by atoms with Crippen LogP contribution in [-0.4, -0.2) is 26.2 Å². The maximum atomic E-state index is 9.89. The summed E-state index contributed by atoms with van der Waals surface area (Å²) in [4.78, 5) is 0.200. The van der Waals surface area contributed by atoms with Crippen molar-refractivity contribution in [3.05, 3.63) is 0 Å². The minimum atomic E-state index is -1.27. The minimum Gasteiger partial charge on any atom is -0.363 e. The summed E-state index contributed by atoms with van der Waals surface area (Å²) in [5.41, 5.74) is 0. The van der Waals surface area contributed by atoms with Crippen LogP contribution in [0.5, 0.6) is 0 Å². The molecular weight excluding hydrogens is 267 g/mol. The highest BCUT2D eigenvalue weighted by Crippen LogP contribution is 2.72. The van der Waals surface area contributed by atoms with Gasteiger partial charge >= 0.3 is 0 Å². The van der Waals surface area contributed by atoms with E-state index in [9.17, 15) is 5.11 Å². The van der Waals surface area contributed by atoms with E-state index >= 15 is 0 Å². The zero-order valence-electron chi connectivity index (χ0n) is 6.01. The molecule has 3 rings (SSSR count). The molecule has 5 atom stereocenters. The second-order valence-electron chi connectivity index (χ2n) is 3.79. The Morgan fingerprint density at radius 3 is 2.58 bits per heavy atom. The van der Waals surface area contributed by atoms with Crippen molar-refractivity contribution < 1.29 is 9.84 Å². The summed E-state index contributed by atoms with van der Waals surface area (Å²) in [6.07, 6.45) is 0.966. The zero-order chi connectivity index (χ0) is 8.72. The summed E-state index contributed by atoms with van der Waals surface area (Å²) < 4.78 is 4.27. The number of rotatable bonds is 0. The lowest BCUT2D eigenvalue weighted by molar-refractivity contribution is -0.311. The Bertz CT molecular complexity index is 260. The summed E-state index contributed by atoms with van der Waals surface area (Å²) in [6, 6.07) is 0. The van der Waals surface area contributed by atoms with Gasteiger partial charge in [0.15, 0.2) is 4.33 Å². The number of alkyl halides is 3. The second-order valence-corrected chi connectivity index (χ2v) is 6.23. The van der Waals surface area contributed by atoms with Crippen molar-refractivity contribution in [2.24, 2.45) is 11.8 Å². The molecule has 0 aromatic carbocycles. The van der Waals surface area contributed by atoms with E-state index in [4.69, 9.17) is 27.9 Å². The molecule has 1 heterocycles. The van der Waals surface area contributed by atoms with Crippen LogP contribution in [0.4, 0.5) is 0 Å². The average Bonchev–Trinajstić information content (AvgIpc) is 2.40. The van der Waals surface area contributed by atoms with Crippen LogP contribution >= 0.6 is 39.1 Å². The van der Waals surface area contributed by atoms with Crippen LogP contribution in [-0.2, 0) is 4.74 Å².